The maximum atomic E-state index is 13.5. The quantitative estimate of drug-likeness (QED) is 0.542. The van der Waals surface area contributed by atoms with Crippen LogP contribution in [0.25, 0.3) is 0 Å². The number of carboxylic acid groups (broad SMARTS) is 1. The molecule has 8 nitrogen and oxygen atoms in total. The summed E-state index contributed by atoms with van der Waals surface area (Å²) in [4.78, 5) is 13.8. The highest BCUT2D eigenvalue weighted by Crippen LogP contribution is 2.38. The van der Waals surface area contributed by atoms with Gasteiger partial charge in [-0.1, -0.05) is 18.2 Å². The highest BCUT2D eigenvalue weighted by Gasteiger charge is 2.54. The molecule has 3 rings (SSSR count). The number of hydrogen-bond donors (Lipinski definition) is 3. The molecule has 4 N–H and O–H groups in total. The first kappa shape index (κ1) is 21.5. The van der Waals surface area contributed by atoms with Crippen molar-refractivity contribution >= 4 is 27.7 Å². The number of carbonyl (C=O) groups is 1. The number of hydrogen-bond acceptors (Lipinski definition) is 7. The van der Waals surface area contributed by atoms with Crippen LogP contribution in [0.2, 0.25) is 0 Å². The Balaban J connectivity index is 2.04. The van der Waals surface area contributed by atoms with Gasteiger partial charge in [0.2, 0.25) is 14.7 Å². The van der Waals surface area contributed by atoms with Crippen LogP contribution in [0.4, 0.5) is 5.69 Å². The molecule has 2 aromatic rings. The molecule has 0 spiro atoms. The van der Waals surface area contributed by atoms with E-state index < -0.39 is 32.7 Å². The predicted octanol–water partition coefficient (Wildman–Crippen LogP) is 1.69. The lowest BCUT2D eigenvalue weighted by Crippen LogP contribution is -2.51. The average molecular weight is 430 g/mol. The summed E-state index contributed by atoms with van der Waals surface area (Å²) in [5.41, 5.74) is 6.76. The topological polar surface area (TPSA) is 139 Å². The van der Waals surface area contributed by atoms with Crippen molar-refractivity contribution in [3.05, 3.63) is 66.2 Å². The molecular formula is C21H22N2O6S. The van der Waals surface area contributed by atoms with E-state index in [-0.39, 0.29) is 11.3 Å². The van der Waals surface area contributed by atoms with E-state index in [4.69, 9.17) is 10.5 Å². The zero-order chi connectivity index (χ0) is 21.9. The summed E-state index contributed by atoms with van der Waals surface area (Å²) in [6.45, 7) is 0. The second-order valence-corrected chi connectivity index (χ2v) is 8.99. The minimum absolute atomic E-state index is 0.116. The van der Waals surface area contributed by atoms with E-state index in [0.717, 1.165) is 0 Å². The minimum atomic E-state index is -4.29. The summed E-state index contributed by atoms with van der Waals surface area (Å²) >= 11 is 0. The van der Waals surface area contributed by atoms with E-state index in [1.54, 1.807) is 24.3 Å². The number of rotatable bonds is 8. The maximum absolute atomic E-state index is 13.5. The normalized spacial score (nSPS) is 20.1. The molecular weight excluding hydrogens is 408 g/mol. The molecule has 3 unspecified atom stereocenters. The minimum Gasteiger partial charge on any atom is -0.497 e. The van der Waals surface area contributed by atoms with Gasteiger partial charge in [0.05, 0.1) is 17.9 Å². The molecule has 0 aromatic heterocycles. The Bertz CT molecular complexity index is 1080. The van der Waals surface area contributed by atoms with Crippen LogP contribution in [0, 0.1) is 5.92 Å². The van der Waals surface area contributed by atoms with Gasteiger partial charge < -0.3 is 20.7 Å². The van der Waals surface area contributed by atoms with Crippen LogP contribution in [-0.2, 0) is 21.1 Å². The Morgan fingerprint density at radius 2 is 1.87 bits per heavy atom. The lowest BCUT2D eigenvalue weighted by atomic mass is 9.89. The third kappa shape index (κ3) is 3.69. The van der Waals surface area contributed by atoms with Crippen LogP contribution >= 0.6 is 0 Å². The van der Waals surface area contributed by atoms with Gasteiger partial charge in [-0.15, -0.1) is 0 Å². The van der Waals surface area contributed by atoms with Gasteiger partial charge in [-0.05, 0) is 54.5 Å². The lowest BCUT2D eigenvalue weighted by molar-refractivity contribution is -0.146. The number of aliphatic hydroxyl groups excluding tert-OH is 1. The fraction of sp³-hybridized carbons (Fsp3) is 0.238. The van der Waals surface area contributed by atoms with Crippen molar-refractivity contribution in [2.75, 3.05) is 12.8 Å². The molecule has 0 aliphatic carbocycles. The standard InChI is InChI=1S/C21H22N2O6S/c1-29-15-7-9-16(10-8-15)30(27,28)21(11-4-12-23-21)19(24)17(20(25)26)13-14-5-2-3-6-18(14)22/h2-12,17,19,24H,13,22H2,1H3,(H,25,26). The number of nitrogens with zero attached hydrogens (tertiary/aromatic N) is 1. The number of ether oxygens (including phenoxy) is 1. The van der Waals surface area contributed by atoms with E-state index in [9.17, 15) is 23.4 Å². The highest BCUT2D eigenvalue weighted by molar-refractivity contribution is 7.93. The van der Waals surface area contributed by atoms with Gasteiger partial charge in [0, 0.05) is 11.9 Å². The average Bonchev–Trinajstić information content (AvgIpc) is 3.24. The molecule has 0 amide bonds. The number of benzene rings is 2. The van der Waals surface area contributed by atoms with Crippen molar-refractivity contribution in [2.45, 2.75) is 22.3 Å². The van der Waals surface area contributed by atoms with Crippen LogP contribution < -0.4 is 10.5 Å². The summed E-state index contributed by atoms with van der Waals surface area (Å²) in [5.74, 6) is -2.37. The summed E-state index contributed by atoms with van der Waals surface area (Å²) in [7, 11) is -2.84. The van der Waals surface area contributed by atoms with E-state index in [0.29, 0.717) is 17.0 Å². The number of nitrogen functional groups attached to an aromatic ring is 1. The Morgan fingerprint density at radius 3 is 2.40 bits per heavy atom. The van der Waals surface area contributed by atoms with Crippen molar-refractivity contribution < 1.29 is 28.2 Å². The fourth-order valence-electron chi connectivity index (χ4n) is 3.40. The summed E-state index contributed by atoms with van der Waals surface area (Å²) in [5, 5.41) is 20.9. The smallest absolute Gasteiger partial charge is 0.309 e. The van der Waals surface area contributed by atoms with Gasteiger partial charge in [0.15, 0.2) is 0 Å². The van der Waals surface area contributed by atoms with Crippen LogP contribution in [0.5, 0.6) is 5.75 Å². The molecule has 0 radical (unpaired) electrons. The molecule has 1 aliphatic rings. The van der Waals surface area contributed by atoms with Gasteiger partial charge in [-0.25, -0.2) is 8.42 Å². The van der Waals surface area contributed by atoms with Crippen LogP contribution in [0.3, 0.4) is 0 Å². The first-order valence-corrected chi connectivity index (χ1v) is 10.6. The molecule has 1 heterocycles. The first-order valence-electron chi connectivity index (χ1n) is 9.09. The summed E-state index contributed by atoms with van der Waals surface area (Å²) in [6.07, 6.45) is 1.80. The molecule has 0 saturated carbocycles. The molecule has 30 heavy (non-hydrogen) atoms. The largest absolute Gasteiger partial charge is 0.497 e. The monoisotopic (exact) mass is 430 g/mol. The number of aliphatic imine (C=N–C) groups is 1. The van der Waals surface area contributed by atoms with Crippen LogP contribution in [-0.4, -0.2) is 48.9 Å². The second-order valence-electron chi connectivity index (χ2n) is 6.86. The number of allylic oxidation sites excluding steroid dienone is 1. The Kier molecular flexibility index (Phi) is 5.95. The van der Waals surface area contributed by atoms with Crippen molar-refractivity contribution in [3.63, 3.8) is 0 Å². The predicted molar refractivity (Wildman–Crippen MR) is 112 cm³/mol. The zero-order valence-electron chi connectivity index (χ0n) is 16.2. The molecule has 9 heteroatoms. The number of methoxy groups -OCH3 is 1. The molecule has 0 saturated heterocycles. The third-order valence-corrected chi connectivity index (χ3v) is 7.35. The zero-order valence-corrected chi connectivity index (χ0v) is 17.0. The lowest BCUT2D eigenvalue weighted by Gasteiger charge is -2.33. The van der Waals surface area contributed by atoms with Crippen molar-refractivity contribution in [1.82, 2.24) is 0 Å². The molecule has 0 fully saturated rings. The maximum Gasteiger partial charge on any atom is 0.309 e. The summed E-state index contributed by atoms with van der Waals surface area (Å²) in [6, 6.07) is 12.2. The SMILES string of the molecule is COc1ccc(S(=O)(=O)C2(C(O)C(Cc3ccccc3N)C(=O)O)C=CC=N2)cc1. The second kappa shape index (κ2) is 8.29. The third-order valence-electron chi connectivity index (χ3n) is 5.11. The molecule has 3 atom stereocenters. The fourth-order valence-corrected chi connectivity index (χ4v) is 5.21. The van der Waals surface area contributed by atoms with Crippen molar-refractivity contribution in [1.29, 1.82) is 0 Å². The number of aliphatic carboxylic acids is 1. The number of para-hydroxylation sites is 1. The van der Waals surface area contributed by atoms with Gasteiger partial charge in [0.25, 0.3) is 0 Å². The Hall–Kier alpha value is -3.17. The van der Waals surface area contributed by atoms with Gasteiger partial charge >= 0.3 is 5.97 Å². The van der Waals surface area contributed by atoms with Crippen molar-refractivity contribution in [3.8, 4) is 5.75 Å². The van der Waals surface area contributed by atoms with E-state index in [1.807, 2.05) is 0 Å². The van der Waals surface area contributed by atoms with Gasteiger partial charge in [-0.2, -0.15) is 0 Å². The van der Waals surface area contributed by atoms with E-state index >= 15 is 0 Å². The first-order chi connectivity index (χ1) is 14.2. The highest BCUT2D eigenvalue weighted by atomic mass is 32.2. The number of carboxylic acids is 1. The molecule has 1 aliphatic heterocycles. The molecule has 2 aromatic carbocycles. The van der Waals surface area contributed by atoms with Crippen molar-refractivity contribution in [2.24, 2.45) is 10.9 Å². The Labute approximate surface area is 174 Å². The number of aliphatic hydroxyl groups is 1. The summed E-state index contributed by atoms with van der Waals surface area (Å²) < 4.78 is 32.0. The molecule has 0 bridgehead atoms. The van der Waals surface area contributed by atoms with Gasteiger partial charge in [0.1, 0.15) is 11.9 Å². The van der Waals surface area contributed by atoms with E-state index in [2.05, 4.69) is 4.99 Å². The van der Waals surface area contributed by atoms with E-state index in [1.165, 1.54) is 49.7 Å². The number of sulfone groups is 1. The van der Waals surface area contributed by atoms with Gasteiger partial charge in [-0.3, -0.25) is 9.79 Å². The number of anilines is 1. The number of nitrogens with two attached hydrogens (primary N) is 1. The van der Waals surface area contributed by atoms with Crippen LogP contribution in [0.15, 0.2) is 70.6 Å². The molecule has 158 valence electrons. The van der Waals surface area contributed by atoms with Crippen LogP contribution in [0.1, 0.15) is 5.56 Å². The Morgan fingerprint density at radius 1 is 1.20 bits per heavy atom.